The second-order valence-corrected chi connectivity index (χ2v) is 8.01. The van der Waals surface area contributed by atoms with E-state index in [0.717, 1.165) is 23.6 Å². The maximum absolute atomic E-state index is 5.77. The number of aryl methyl sites for hydroxylation is 2. The van der Waals surface area contributed by atoms with Crippen molar-refractivity contribution in [3.8, 4) is 0 Å². The molecule has 3 rings (SSSR count). The number of thiophene rings is 1. The number of hydrogen-bond donors (Lipinski definition) is 0. The summed E-state index contributed by atoms with van der Waals surface area (Å²) in [6.07, 6.45) is 0.898. The highest BCUT2D eigenvalue weighted by Crippen LogP contribution is 2.33. The lowest BCUT2D eigenvalue weighted by atomic mass is 10.0. The summed E-state index contributed by atoms with van der Waals surface area (Å²) in [7, 11) is 0. The monoisotopic (exact) mass is 331 g/mol. The first-order chi connectivity index (χ1) is 10.6. The van der Waals surface area contributed by atoms with Gasteiger partial charge < -0.3 is 4.84 Å². The van der Waals surface area contributed by atoms with Gasteiger partial charge in [-0.3, -0.25) is 0 Å². The van der Waals surface area contributed by atoms with Crippen molar-refractivity contribution in [3.63, 3.8) is 0 Å². The Labute approximate surface area is 140 Å². The topological polar surface area (TPSA) is 21.6 Å². The van der Waals surface area contributed by atoms with E-state index in [0.29, 0.717) is 0 Å². The molecule has 0 N–H and O–H groups in total. The number of thioether (sulfide) groups is 1. The molecule has 0 saturated carbocycles. The highest BCUT2D eigenvalue weighted by atomic mass is 32.2. The number of oxime groups is 1. The van der Waals surface area contributed by atoms with Gasteiger partial charge in [-0.25, -0.2) is 0 Å². The number of rotatable bonds is 5. The summed E-state index contributed by atoms with van der Waals surface area (Å²) in [5, 5.41) is 6.47. The van der Waals surface area contributed by atoms with Crippen LogP contribution in [0.15, 0.2) is 40.9 Å². The Morgan fingerprint density at radius 1 is 1.23 bits per heavy atom. The molecule has 22 heavy (non-hydrogen) atoms. The van der Waals surface area contributed by atoms with Crippen LogP contribution in [0, 0.1) is 13.8 Å². The minimum atomic E-state index is -0.181. The van der Waals surface area contributed by atoms with Gasteiger partial charge in [0.1, 0.15) is 11.3 Å². The third kappa shape index (κ3) is 3.39. The zero-order valence-electron chi connectivity index (χ0n) is 13.3. The van der Waals surface area contributed by atoms with Gasteiger partial charge in [-0.15, -0.1) is 11.3 Å². The maximum atomic E-state index is 5.77. The van der Waals surface area contributed by atoms with Crippen LogP contribution in [0.1, 0.15) is 34.9 Å². The highest BCUT2D eigenvalue weighted by molar-refractivity contribution is 7.98. The van der Waals surface area contributed by atoms with Crippen molar-refractivity contribution < 1.29 is 4.84 Å². The first kappa shape index (κ1) is 15.6. The molecule has 1 atom stereocenters. The van der Waals surface area contributed by atoms with Crippen molar-refractivity contribution in [1.29, 1.82) is 0 Å². The van der Waals surface area contributed by atoms with E-state index in [-0.39, 0.29) is 5.60 Å². The standard InChI is InChI=1S/C18H21NOS2/c1-13-6-4-5-7-15(13)11-21-12-18(3)10-16(19-20-18)17-14(2)8-9-22-17/h4-9H,10-12H2,1-3H3. The van der Waals surface area contributed by atoms with Crippen molar-refractivity contribution in [2.75, 3.05) is 5.75 Å². The van der Waals surface area contributed by atoms with Crippen molar-refractivity contribution in [3.05, 3.63) is 57.3 Å². The first-order valence-electron chi connectivity index (χ1n) is 7.49. The minimum absolute atomic E-state index is 0.181. The fourth-order valence-corrected chi connectivity index (χ4v) is 4.74. The maximum Gasteiger partial charge on any atom is 0.149 e. The Bertz CT molecular complexity index is 692. The van der Waals surface area contributed by atoms with Crippen LogP contribution in [0.2, 0.25) is 0 Å². The molecule has 0 radical (unpaired) electrons. The van der Waals surface area contributed by atoms with Crippen LogP contribution in [0.4, 0.5) is 0 Å². The average molecular weight is 332 g/mol. The fraction of sp³-hybridized carbons (Fsp3) is 0.389. The van der Waals surface area contributed by atoms with E-state index in [1.54, 1.807) is 11.3 Å². The van der Waals surface area contributed by atoms with E-state index in [1.807, 2.05) is 11.8 Å². The van der Waals surface area contributed by atoms with Crippen LogP contribution in [0.25, 0.3) is 0 Å². The molecule has 0 bridgehead atoms. The van der Waals surface area contributed by atoms with Crippen molar-refractivity contribution in [1.82, 2.24) is 0 Å². The van der Waals surface area contributed by atoms with Crippen molar-refractivity contribution in [2.24, 2.45) is 5.16 Å². The lowest BCUT2D eigenvalue weighted by Crippen LogP contribution is -2.28. The lowest BCUT2D eigenvalue weighted by Gasteiger charge is -2.21. The molecule has 1 aromatic heterocycles. The predicted molar refractivity (Wildman–Crippen MR) is 97.0 cm³/mol. The molecule has 2 aromatic rings. The number of benzene rings is 1. The fourth-order valence-electron chi connectivity index (χ4n) is 2.60. The van der Waals surface area contributed by atoms with Crippen LogP contribution < -0.4 is 0 Å². The Hall–Kier alpha value is -1.26. The summed E-state index contributed by atoms with van der Waals surface area (Å²) < 4.78 is 0. The summed E-state index contributed by atoms with van der Waals surface area (Å²) in [6, 6.07) is 10.7. The Morgan fingerprint density at radius 3 is 2.77 bits per heavy atom. The predicted octanol–water partition coefficient (Wildman–Crippen LogP) is 5.18. The third-order valence-corrected chi connectivity index (χ3v) is 6.36. The summed E-state index contributed by atoms with van der Waals surface area (Å²) in [5.74, 6) is 1.98. The second kappa shape index (κ2) is 6.47. The van der Waals surface area contributed by atoms with Gasteiger partial charge in [-0.2, -0.15) is 11.8 Å². The highest BCUT2D eigenvalue weighted by Gasteiger charge is 2.35. The molecular weight excluding hydrogens is 310 g/mol. The molecule has 2 nitrogen and oxygen atoms in total. The Morgan fingerprint density at radius 2 is 2.05 bits per heavy atom. The molecule has 0 aliphatic carbocycles. The van der Waals surface area contributed by atoms with Gasteiger partial charge in [0, 0.05) is 17.9 Å². The summed E-state index contributed by atoms with van der Waals surface area (Å²) in [5.41, 5.74) is 4.98. The van der Waals surface area contributed by atoms with E-state index in [4.69, 9.17) is 4.84 Å². The molecule has 1 aliphatic heterocycles. The van der Waals surface area contributed by atoms with Crippen LogP contribution in [0.3, 0.4) is 0 Å². The molecule has 116 valence electrons. The van der Waals surface area contributed by atoms with Gasteiger partial charge in [0.25, 0.3) is 0 Å². The first-order valence-corrected chi connectivity index (χ1v) is 9.53. The largest absolute Gasteiger partial charge is 0.388 e. The normalized spacial score (nSPS) is 20.8. The van der Waals surface area contributed by atoms with Crippen molar-refractivity contribution in [2.45, 2.75) is 38.5 Å². The molecule has 0 saturated heterocycles. The summed E-state index contributed by atoms with van der Waals surface area (Å²) in [4.78, 5) is 7.04. The number of nitrogens with zero attached hydrogens (tertiary/aromatic N) is 1. The summed E-state index contributed by atoms with van der Waals surface area (Å²) in [6.45, 7) is 6.47. The minimum Gasteiger partial charge on any atom is -0.388 e. The quantitative estimate of drug-likeness (QED) is 0.753. The molecule has 1 aromatic carbocycles. The van der Waals surface area contributed by atoms with Gasteiger partial charge in [-0.05, 0) is 48.9 Å². The van der Waals surface area contributed by atoms with Crippen LogP contribution in [-0.2, 0) is 10.6 Å². The zero-order valence-corrected chi connectivity index (χ0v) is 14.9. The smallest absolute Gasteiger partial charge is 0.149 e. The second-order valence-electron chi connectivity index (χ2n) is 6.11. The molecule has 0 spiro atoms. The Kier molecular flexibility index (Phi) is 4.59. The molecule has 4 heteroatoms. The van der Waals surface area contributed by atoms with Crippen LogP contribution >= 0.6 is 23.1 Å². The number of hydrogen-bond acceptors (Lipinski definition) is 4. The van der Waals surface area contributed by atoms with Crippen LogP contribution in [0.5, 0.6) is 0 Å². The van der Waals surface area contributed by atoms with Gasteiger partial charge >= 0.3 is 0 Å². The van der Waals surface area contributed by atoms with Gasteiger partial charge in [0.15, 0.2) is 0 Å². The lowest BCUT2D eigenvalue weighted by molar-refractivity contribution is 0.0163. The van der Waals surface area contributed by atoms with Gasteiger partial charge in [0.05, 0.1) is 4.88 Å². The molecule has 1 aliphatic rings. The van der Waals surface area contributed by atoms with E-state index in [1.165, 1.54) is 21.6 Å². The third-order valence-electron chi connectivity index (χ3n) is 3.97. The van der Waals surface area contributed by atoms with Gasteiger partial charge in [0.2, 0.25) is 0 Å². The average Bonchev–Trinajstić information content (AvgIpc) is 3.07. The molecule has 1 unspecified atom stereocenters. The Balaban J connectivity index is 1.56. The van der Waals surface area contributed by atoms with Gasteiger partial charge in [-0.1, -0.05) is 29.4 Å². The summed E-state index contributed by atoms with van der Waals surface area (Å²) >= 11 is 3.68. The van der Waals surface area contributed by atoms with Crippen molar-refractivity contribution >= 4 is 28.8 Å². The molecular formula is C18H21NOS2. The van der Waals surface area contributed by atoms with E-state index < -0.39 is 0 Å². The molecule has 0 amide bonds. The SMILES string of the molecule is Cc1ccccc1CSCC1(C)CC(c2sccc2C)=NO1. The zero-order chi connectivity index (χ0) is 15.6. The van der Waals surface area contributed by atoms with Crippen LogP contribution in [-0.4, -0.2) is 17.1 Å². The van der Waals surface area contributed by atoms with E-state index >= 15 is 0 Å². The molecule has 0 fully saturated rings. The molecule has 2 heterocycles. The van der Waals surface area contributed by atoms with E-state index in [2.05, 4.69) is 61.6 Å². The van der Waals surface area contributed by atoms with E-state index in [9.17, 15) is 0 Å².